The van der Waals surface area contributed by atoms with Gasteiger partial charge in [0, 0.05) is 44.8 Å². The molecule has 0 atom stereocenters. The van der Waals surface area contributed by atoms with Gasteiger partial charge in [-0.15, -0.1) is 0 Å². The second-order valence-electron chi connectivity index (χ2n) is 7.35. The molecule has 28 heavy (non-hydrogen) atoms. The number of nitrogens with zero attached hydrogens (tertiary/aromatic N) is 3. The van der Waals surface area contributed by atoms with Crippen LogP contribution in [0.15, 0.2) is 41.2 Å². The van der Waals surface area contributed by atoms with Crippen molar-refractivity contribution >= 4 is 10.8 Å². The summed E-state index contributed by atoms with van der Waals surface area (Å²) in [5, 5.41) is 17.4. The molecule has 3 heterocycles. The van der Waals surface area contributed by atoms with E-state index in [0.717, 1.165) is 61.7 Å². The molecule has 0 aliphatic carbocycles. The Balaban J connectivity index is 1.45. The van der Waals surface area contributed by atoms with Crippen LogP contribution in [0.1, 0.15) is 5.56 Å². The lowest BCUT2D eigenvalue weighted by Crippen LogP contribution is -2.46. The zero-order chi connectivity index (χ0) is 19.1. The number of H-pyrrole nitrogens is 1. The average molecular weight is 378 g/mol. The van der Waals surface area contributed by atoms with E-state index in [4.69, 9.17) is 9.84 Å². The number of hydrogen-bond acceptors (Lipinski definition) is 6. The predicted octanol–water partition coefficient (Wildman–Crippen LogP) is 1.81. The van der Waals surface area contributed by atoms with Crippen molar-refractivity contribution in [3.63, 3.8) is 0 Å². The molecule has 2 N–H and O–H groups in total. The van der Waals surface area contributed by atoms with Gasteiger partial charge in [-0.25, -0.2) is 5.10 Å². The van der Waals surface area contributed by atoms with E-state index in [1.54, 1.807) is 6.07 Å². The lowest BCUT2D eigenvalue weighted by atomic mass is 9.99. The molecule has 144 valence electrons. The Morgan fingerprint density at radius 3 is 2.71 bits per heavy atom. The number of hydrogen-bond donors (Lipinski definition) is 2. The average Bonchev–Trinajstić information content (AvgIpc) is 2.72. The number of aliphatic hydroxyl groups is 1. The fraction of sp³-hybridized carbons (Fsp3) is 0.333. The molecule has 1 fully saturated rings. The first kappa shape index (κ1) is 17.4. The van der Waals surface area contributed by atoms with Crippen molar-refractivity contribution in [3.05, 3.63) is 52.3 Å². The van der Waals surface area contributed by atoms with E-state index in [1.807, 2.05) is 18.2 Å². The van der Waals surface area contributed by atoms with Crippen molar-refractivity contribution in [3.8, 4) is 22.8 Å². The highest BCUT2D eigenvalue weighted by Gasteiger charge is 2.23. The van der Waals surface area contributed by atoms with E-state index in [-0.39, 0.29) is 12.2 Å². The first-order valence-corrected chi connectivity index (χ1v) is 9.61. The molecule has 7 heteroatoms. The highest BCUT2D eigenvalue weighted by Crippen LogP contribution is 2.44. The number of aromatic amines is 1. The van der Waals surface area contributed by atoms with Crippen molar-refractivity contribution in [2.24, 2.45) is 0 Å². The van der Waals surface area contributed by atoms with E-state index in [9.17, 15) is 4.79 Å². The third kappa shape index (κ3) is 2.97. The first-order chi connectivity index (χ1) is 13.7. The van der Waals surface area contributed by atoms with Gasteiger partial charge in [-0.1, -0.05) is 12.1 Å². The van der Waals surface area contributed by atoms with Crippen LogP contribution in [0, 0.1) is 0 Å². The van der Waals surface area contributed by atoms with Crippen LogP contribution in [0.25, 0.3) is 22.0 Å². The molecule has 0 saturated carbocycles. The molecule has 0 radical (unpaired) electrons. The second-order valence-corrected chi connectivity index (χ2v) is 7.35. The van der Waals surface area contributed by atoms with Crippen molar-refractivity contribution in [2.75, 3.05) is 39.3 Å². The summed E-state index contributed by atoms with van der Waals surface area (Å²) < 4.78 is 6.05. The van der Waals surface area contributed by atoms with Crippen LogP contribution in [0.4, 0.5) is 0 Å². The highest BCUT2D eigenvalue weighted by atomic mass is 16.5. The van der Waals surface area contributed by atoms with E-state index in [2.05, 4.69) is 32.1 Å². The Morgan fingerprint density at radius 2 is 1.89 bits per heavy atom. The van der Waals surface area contributed by atoms with E-state index in [1.165, 1.54) is 5.56 Å². The summed E-state index contributed by atoms with van der Waals surface area (Å²) in [5.41, 5.74) is 2.67. The second kappa shape index (κ2) is 7.01. The largest absolute Gasteiger partial charge is 0.456 e. The Morgan fingerprint density at radius 1 is 1.07 bits per heavy atom. The Kier molecular flexibility index (Phi) is 4.35. The number of aliphatic hydroxyl groups excluding tert-OH is 1. The van der Waals surface area contributed by atoms with Gasteiger partial charge >= 0.3 is 0 Å². The first-order valence-electron chi connectivity index (χ1n) is 9.61. The van der Waals surface area contributed by atoms with Crippen LogP contribution in [0.2, 0.25) is 0 Å². The molecule has 2 aliphatic rings. The molecule has 0 unspecified atom stereocenters. The standard InChI is InChI=1S/C21H22N4O3/c26-11-10-24-6-8-25(9-7-24)13-14-4-5-17-16(12-14)20-19-15(21(27)23-22-20)2-1-3-18(19)28-17/h1-5,12,26H,6-11,13H2,(H,23,27). The molecule has 3 aromatic rings. The SMILES string of the molecule is O=c1[nH]nc2c3c(cccc13)Oc1ccc(CN3CCN(CCO)CC3)cc1-2. The number of aromatic nitrogens is 2. The summed E-state index contributed by atoms with van der Waals surface area (Å²) in [6.07, 6.45) is 0. The van der Waals surface area contributed by atoms with Crippen molar-refractivity contribution in [2.45, 2.75) is 6.54 Å². The van der Waals surface area contributed by atoms with Crippen LogP contribution in [-0.2, 0) is 6.54 Å². The fourth-order valence-corrected chi connectivity index (χ4v) is 4.11. The van der Waals surface area contributed by atoms with Gasteiger partial charge in [0.1, 0.15) is 17.2 Å². The van der Waals surface area contributed by atoms with Gasteiger partial charge in [-0.2, -0.15) is 5.10 Å². The van der Waals surface area contributed by atoms with Crippen LogP contribution >= 0.6 is 0 Å². The maximum Gasteiger partial charge on any atom is 0.272 e. The molecule has 5 rings (SSSR count). The predicted molar refractivity (Wildman–Crippen MR) is 107 cm³/mol. The molecule has 0 spiro atoms. The zero-order valence-corrected chi connectivity index (χ0v) is 15.5. The minimum absolute atomic E-state index is 0.204. The maximum absolute atomic E-state index is 12.1. The third-order valence-corrected chi connectivity index (χ3v) is 5.58. The molecule has 0 amide bonds. The molecule has 1 aromatic heterocycles. The van der Waals surface area contributed by atoms with E-state index >= 15 is 0 Å². The summed E-state index contributed by atoms with van der Waals surface area (Å²) in [6, 6.07) is 11.7. The number of piperazine rings is 1. The summed E-state index contributed by atoms with van der Waals surface area (Å²) in [7, 11) is 0. The van der Waals surface area contributed by atoms with Gasteiger partial charge < -0.3 is 9.84 Å². The summed E-state index contributed by atoms with van der Waals surface area (Å²) in [6.45, 7) is 5.74. The summed E-state index contributed by atoms with van der Waals surface area (Å²) in [4.78, 5) is 16.8. The fourth-order valence-electron chi connectivity index (χ4n) is 4.11. The van der Waals surface area contributed by atoms with E-state index in [0.29, 0.717) is 11.1 Å². The number of benzene rings is 2. The molecule has 0 bridgehead atoms. The van der Waals surface area contributed by atoms with Crippen molar-refractivity contribution in [1.29, 1.82) is 0 Å². The molecule has 1 saturated heterocycles. The third-order valence-electron chi connectivity index (χ3n) is 5.58. The minimum atomic E-state index is -0.204. The number of ether oxygens (including phenoxy) is 1. The van der Waals surface area contributed by atoms with Crippen LogP contribution < -0.4 is 10.3 Å². The smallest absolute Gasteiger partial charge is 0.272 e. The van der Waals surface area contributed by atoms with Crippen molar-refractivity contribution in [1.82, 2.24) is 20.0 Å². The number of nitrogens with one attached hydrogen (secondary N) is 1. The van der Waals surface area contributed by atoms with Crippen LogP contribution in [-0.4, -0.2) is 64.4 Å². The quantitative estimate of drug-likeness (QED) is 0.564. The molecule has 7 nitrogen and oxygen atoms in total. The monoisotopic (exact) mass is 378 g/mol. The van der Waals surface area contributed by atoms with Crippen LogP contribution in [0.3, 0.4) is 0 Å². The van der Waals surface area contributed by atoms with Crippen molar-refractivity contribution < 1.29 is 9.84 Å². The van der Waals surface area contributed by atoms with Gasteiger partial charge in [-0.3, -0.25) is 14.6 Å². The van der Waals surface area contributed by atoms with Crippen LogP contribution in [0.5, 0.6) is 11.5 Å². The Hall–Kier alpha value is -2.74. The minimum Gasteiger partial charge on any atom is -0.456 e. The van der Waals surface area contributed by atoms with Gasteiger partial charge in [-0.05, 0) is 29.8 Å². The van der Waals surface area contributed by atoms with Gasteiger partial charge in [0.25, 0.3) is 5.56 Å². The highest BCUT2D eigenvalue weighted by molar-refractivity contribution is 6.01. The van der Waals surface area contributed by atoms with Gasteiger partial charge in [0.2, 0.25) is 0 Å². The maximum atomic E-state index is 12.1. The Bertz CT molecular complexity index is 1090. The summed E-state index contributed by atoms with van der Waals surface area (Å²) in [5.74, 6) is 1.43. The number of β-amino-alcohol motifs (C(OH)–C–C–N with tert-alkyl or cyclic N) is 1. The number of fused-ring (bicyclic) bond motifs is 2. The van der Waals surface area contributed by atoms with Gasteiger partial charge in [0.05, 0.1) is 17.4 Å². The molecule has 2 aromatic carbocycles. The lowest BCUT2D eigenvalue weighted by molar-refractivity contribution is 0.108. The summed E-state index contributed by atoms with van der Waals surface area (Å²) >= 11 is 0. The van der Waals surface area contributed by atoms with Gasteiger partial charge in [0.15, 0.2) is 0 Å². The molecular formula is C21H22N4O3. The zero-order valence-electron chi connectivity index (χ0n) is 15.5. The Labute approximate surface area is 162 Å². The molecule has 2 aliphatic heterocycles. The normalized spacial score (nSPS) is 16.8. The lowest BCUT2D eigenvalue weighted by Gasteiger charge is -2.34. The molecular weight excluding hydrogens is 356 g/mol. The topological polar surface area (TPSA) is 81.7 Å². The number of rotatable bonds is 4. The van der Waals surface area contributed by atoms with E-state index < -0.39 is 0 Å².